The van der Waals surface area contributed by atoms with E-state index in [1.54, 1.807) is 0 Å². The summed E-state index contributed by atoms with van der Waals surface area (Å²) in [7, 11) is 0. The zero-order chi connectivity index (χ0) is 13.0. The van der Waals surface area contributed by atoms with Crippen LogP contribution in [0.4, 0.5) is 0 Å². The smallest absolute Gasteiger partial charge is 0.122 e. The molecular formula is C15H23NO2. The van der Waals surface area contributed by atoms with Crippen molar-refractivity contribution in [2.45, 2.75) is 39.3 Å². The van der Waals surface area contributed by atoms with Crippen LogP contribution in [0.2, 0.25) is 0 Å². The quantitative estimate of drug-likeness (QED) is 0.841. The number of ether oxygens (including phenoxy) is 2. The summed E-state index contributed by atoms with van der Waals surface area (Å²) >= 11 is 0. The molecule has 0 fully saturated rings. The molecule has 3 heteroatoms. The van der Waals surface area contributed by atoms with E-state index >= 15 is 0 Å². The molecule has 0 amide bonds. The SMILES string of the molecule is CCNC(c1ccc2c(c1)CCO2)C(C)OCC. The van der Waals surface area contributed by atoms with E-state index in [-0.39, 0.29) is 12.1 Å². The van der Waals surface area contributed by atoms with Crippen LogP contribution in [0.3, 0.4) is 0 Å². The number of hydrogen-bond acceptors (Lipinski definition) is 3. The Bertz CT molecular complexity index is 392. The van der Waals surface area contributed by atoms with E-state index in [1.807, 2.05) is 6.92 Å². The molecule has 1 aliphatic rings. The van der Waals surface area contributed by atoms with Gasteiger partial charge in [0, 0.05) is 13.0 Å². The minimum Gasteiger partial charge on any atom is -0.493 e. The Balaban J connectivity index is 2.19. The number of hydrogen-bond donors (Lipinski definition) is 1. The zero-order valence-corrected chi connectivity index (χ0v) is 11.5. The van der Waals surface area contributed by atoms with Crippen molar-refractivity contribution >= 4 is 0 Å². The van der Waals surface area contributed by atoms with Gasteiger partial charge in [-0.15, -0.1) is 0 Å². The molecule has 3 nitrogen and oxygen atoms in total. The molecule has 1 N–H and O–H groups in total. The monoisotopic (exact) mass is 249 g/mol. The molecule has 2 unspecified atom stereocenters. The molecular weight excluding hydrogens is 226 g/mol. The number of benzene rings is 1. The first-order valence-corrected chi connectivity index (χ1v) is 6.86. The van der Waals surface area contributed by atoms with Crippen LogP contribution in [0.15, 0.2) is 18.2 Å². The van der Waals surface area contributed by atoms with Crippen LogP contribution in [0, 0.1) is 0 Å². The maximum Gasteiger partial charge on any atom is 0.122 e. The minimum atomic E-state index is 0.176. The molecule has 0 aliphatic carbocycles. The molecule has 100 valence electrons. The summed E-state index contributed by atoms with van der Waals surface area (Å²) < 4.78 is 11.3. The molecule has 1 aliphatic heterocycles. The van der Waals surface area contributed by atoms with Gasteiger partial charge < -0.3 is 14.8 Å². The molecule has 1 aromatic carbocycles. The predicted molar refractivity (Wildman–Crippen MR) is 73.1 cm³/mol. The van der Waals surface area contributed by atoms with Gasteiger partial charge in [0.25, 0.3) is 0 Å². The second kappa shape index (κ2) is 6.21. The highest BCUT2D eigenvalue weighted by Gasteiger charge is 2.21. The fraction of sp³-hybridized carbons (Fsp3) is 0.600. The third kappa shape index (κ3) is 2.85. The van der Waals surface area contributed by atoms with Gasteiger partial charge in [0.05, 0.1) is 18.8 Å². The van der Waals surface area contributed by atoms with Crippen LogP contribution in [0.1, 0.15) is 37.9 Å². The molecule has 1 aromatic rings. The average molecular weight is 249 g/mol. The molecule has 2 rings (SSSR count). The van der Waals surface area contributed by atoms with Gasteiger partial charge in [0.15, 0.2) is 0 Å². The number of likely N-dealkylation sites (N-methyl/N-ethyl adjacent to an activating group) is 1. The van der Waals surface area contributed by atoms with Crippen LogP contribution in [0.25, 0.3) is 0 Å². The largest absolute Gasteiger partial charge is 0.493 e. The molecule has 0 bridgehead atoms. The fourth-order valence-electron chi connectivity index (χ4n) is 2.53. The van der Waals surface area contributed by atoms with Gasteiger partial charge in [-0.25, -0.2) is 0 Å². The lowest BCUT2D eigenvalue weighted by Crippen LogP contribution is -2.32. The minimum absolute atomic E-state index is 0.176. The van der Waals surface area contributed by atoms with E-state index in [2.05, 4.69) is 37.4 Å². The summed E-state index contributed by atoms with van der Waals surface area (Å²) in [4.78, 5) is 0. The molecule has 0 spiro atoms. The topological polar surface area (TPSA) is 30.5 Å². The van der Waals surface area contributed by atoms with Gasteiger partial charge in [0.1, 0.15) is 5.75 Å². The summed E-state index contributed by atoms with van der Waals surface area (Å²) in [5.41, 5.74) is 2.61. The Kier molecular flexibility index (Phi) is 4.61. The zero-order valence-electron chi connectivity index (χ0n) is 11.5. The van der Waals surface area contributed by atoms with Crippen molar-refractivity contribution < 1.29 is 9.47 Å². The van der Waals surface area contributed by atoms with Crippen LogP contribution in [-0.2, 0) is 11.2 Å². The first-order chi connectivity index (χ1) is 8.76. The standard InChI is InChI=1S/C15H23NO2/c1-4-16-15(11(3)17-5-2)13-6-7-14-12(10-13)8-9-18-14/h6-7,10-11,15-16H,4-5,8-9H2,1-3H3. The molecule has 0 saturated heterocycles. The van der Waals surface area contributed by atoms with Gasteiger partial charge in [0.2, 0.25) is 0 Å². The van der Waals surface area contributed by atoms with Crippen LogP contribution >= 0.6 is 0 Å². The number of fused-ring (bicyclic) bond motifs is 1. The second-order valence-corrected chi connectivity index (χ2v) is 4.66. The van der Waals surface area contributed by atoms with Gasteiger partial charge in [-0.05, 0) is 37.6 Å². The average Bonchev–Trinajstić information content (AvgIpc) is 2.83. The highest BCUT2D eigenvalue weighted by atomic mass is 16.5. The first-order valence-electron chi connectivity index (χ1n) is 6.86. The highest BCUT2D eigenvalue weighted by molar-refractivity contribution is 5.41. The lowest BCUT2D eigenvalue weighted by atomic mass is 9.99. The summed E-state index contributed by atoms with van der Waals surface area (Å²) in [5, 5.41) is 3.51. The second-order valence-electron chi connectivity index (χ2n) is 4.66. The normalized spacial score (nSPS) is 17.1. The van der Waals surface area contributed by atoms with Crippen molar-refractivity contribution in [3.63, 3.8) is 0 Å². The Labute approximate surface area is 109 Å². The van der Waals surface area contributed by atoms with Crippen LogP contribution < -0.4 is 10.1 Å². The molecule has 18 heavy (non-hydrogen) atoms. The van der Waals surface area contributed by atoms with E-state index in [0.29, 0.717) is 0 Å². The van der Waals surface area contributed by atoms with Gasteiger partial charge in [-0.1, -0.05) is 19.1 Å². The van der Waals surface area contributed by atoms with Crippen molar-refractivity contribution in [3.8, 4) is 5.75 Å². The summed E-state index contributed by atoms with van der Waals surface area (Å²) in [6, 6.07) is 6.74. The number of rotatable bonds is 6. The first kappa shape index (κ1) is 13.4. The van der Waals surface area contributed by atoms with E-state index in [4.69, 9.17) is 9.47 Å². The summed E-state index contributed by atoms with van der Waals surface area (Å²) in [6.45, 7) is 8.79. The van der Waals surface area contributed by atoms with E-state index < -0.39 is 0 Å². The molecule has 0 radical (unpaired) electrons. The molecule has 0 saturated carbocycles. The van der Waals surface area contributed by atoms with Gasteiger partial charge in [-0.2, -0.15) is 0 Å². The molecule has 0 aromatic heterocycles. The lowest BCUT2D eigenvalue weighted by Gasteiger charge is -2.25. The Morgan fingerprint density at radius 1 is 1.39 bits per heavy atom. The number of nitrogens with one attached hydrogen (secondary N) is 1. The maximum absolute atomic E-state index is 5.74. The van der Waals surface area contributed by atoms with Crippen molar-refractivity contribution in [2.24, 2.45) is 0 Å². The Morgan fingerprint density at radius 3 is 2.94 bits per heavy atom. The van der Waals surface area contributed by atoms with E-state index in [1.165, 1.54) is 11.1 Å². The van der Waals surface area contributed by atoms with E-state index in [0.717, 1.165) is 31.9 Å². The third-order valence-corrected chi connectivity index (χ3v) is 3.40. The van der Waals surface area contributed by atoms with Gasteiger partial charge in [-0.3, -0.25) is 0 Å². The summed E-state index contributed by atoms with van der Waals surface area (Å²) in [5.74, 6) is 1.04. The van der Waals surface area contributed by atoms with Gasteiger partial charge >= 0.3 is 0 Å². The predicted octanol–water partition coefficient (Wildman–Crippen LogP) is 2.70. The van der Waals surface area contributed by atoms with Crippen molar-refractivity contribution in [2.75, 3.05) is 19.8 Å². The van der Waals surface area contributed by atoms with E-state index in [9.17, 15) is 0 Å². The summed E-state index contributed by atoms with van der Waals surface area (Å²) in [6.07, 6.45) is 1.20. The molecule has 1 heterocycles. The fourth-order valence-corrected chi connectivity index (χ4v) is 2.53. The Morgan fingerprint density at radius 2 is 2.22 bits per heavy atom. The van der Waals surface area contributed by atoms with Crippen molar-refractivity contribution in [1.29, 1.82) is 0 Å². The van der Waals surface area contributed by atoms with Crippen molar-refractivity contribution in [3.05, 3.63) is 29.3 Å². The maximum atomic E-state index is 5.74. The van der Waals surface area contributed by atoms with Crippen molar-refractivity contribution in [1.82, 2.24) is 5.32 Å². The van der Waals surface area contributed by atoms with Crippen LogP contribution in [0.5, 0.6) is 5.75 Å². The molecule has 2 atom stereocenters. The third-order valence-electron chi connectivity index (χ3n) is 3.40. The highest BCUT2D eigenvalue weighted by Crippen LogP contribution is 2.29. The van der Waals surface area contributed by atoms with Crippen LogP contribution in [-0.4, -0.2) is 25.9 Å². The lowest BCUT2D eigenvalue weighted by molar-refractivity contribution is 0.0476. The Hall–Kier alpha value is -1.06.